The van der Waals surface area contributed by atoms with E-state index in [1.807, 2.05) is 18.2 Å². The standard InChI is InChI=1S/C18H23N/c1-11-12(2)14(4)17(15(5)13(11)3)18(19)16-9-7-6-8-10-16/h6-10,18H,19H2,1-5H3. The van der Waals surface area contributed by atoms with E-state index in [2.05, 4.69) is 46.8 Å². The molecule has 0 amide bonds. The molecular formula is C18H23N. The lowest BCUT2D eigenvalue weighted by Gasteiger charge is -2.23. The molecule has 0 bridgehead atoms. The Morgan fingerprint density at radius 3 is 1.58 bits per heavy atom. The molecule has 2 aromatic rings. The number of nitrogens with two attached hydrogens (primary N) is 1. The van der Waals surface area contributed by atoms with E-state index in [-0.39, 0.29) is 6.04 Å². The van der Waals surface area contributed by atoms with Crippen LogP contribution in [0.15, 0.2) is 30.3 Å². The second-order valence-corrected chi connectivity index (χ2v) is 5.43. The molecule has 0 spiro atoms. The minimum atomic E-state index is -0.0424. The summed E-state index contributed by atoms with van der Waals surface area (Å²) in [7, 11) is 0. The van der Waals surface area contributed by atoms with Crippen LogP contribution in [0.25, 0.3) is 0 Å². The number of hydrogen-bond acceptors (Lipinski definition) is 1. The van der Waals surface area contributed by atoms with Gasteiger partial charge in [-0.25, -0.2) is 0 Å². The molecule has 1 unspecified atom stereocenters. The highest BCUT2D eigenvalue weighted by Crippen LogP contribution is 2.32. The molecule has 0 aliphatic heterocycles. The zero-order valence-corrected chi connectivity index (χ0v) is 12.5. The Morgan fingerprint density at radius 2 is 1.11 bits per heavy atom. The van der Waals surface area contributed by atoms with Crippen molar-refractivity contribution in [1.29, 1.82) is 0 Å². The molecule has 0 aromatic heterocycles. The fraction of sp³-hybridized carbons (Fsp3) is 0.333. The Hall–Kier alpha value is -1.60. The SMILES string of the molecule is Cc1c(C)c(C)c(C(N)c2ccccc2)c(C)c1C. The molecule has 0 saturated carbocycles. The molecule has 1 atom stereocenters. The molecule has 0 aliphatic rings. The predicted molar refractivity (Wildman–Crippen MR) is 82.6 cm³/mol. The fourth-order valence-electron chi connectivity index (χ4n) is 2.82. The van der Waals surface area contributed by atoms with Gasteiger partial charge in [0.1, 0.15) is 0 Å². The average Bonchev–Trinajstić information content (AvgIpc) is 2.44. The molecule has 0 fully saturated rings. The van der Waals surface area contributed by atoms with Crippen molar-refractivity contribution >= 4 is 0 Å². The van der Waals surface area contributed by atoms with Gasteiger partial charge in [0.15, 0.2) is 0 Å². The highest BCUT2D eigenvalue weighted by molar-refractivity contribution is 5.52. The highest BCUT2D eigenvalue weighted by atomic mass is 14.6. The second-order valence-electron chi connectivity index (χ2n) is 5.43. The van der Waals surface area contributed by atoms with E-state index in [1.165, 1.54) is 38.9 Å². The third kappa shape index (κ3) is 2.31. The Morgan fingerprint density at radius 1 is 0.684 bits per heavy atom. The Bertz CT molecular complexity index is 568. The maximum atomic E-state index is 6.51. The van der Waals surface area contributed by atoms with Crippen molar-refractivity contribution in [2.45, 2.75) is 40.7 Å². The third-order valence-electron chi connectivity index (χ3n) is 4.53. The molecule has 0 radical (unpaired) electrons. The topological polar surface area (TPSA) is 26.0 Å². The van der Waals surface area contributed by atoms with Crippen LogP contribution in [0, 0.1) is 34.6 Å². The molecule has 2 aromatic carbocycles. The van der Waals surface area contributed by atoms with Crippen molar-refractivity contribution in [2.75, 3.05) is 0 Å². The summed E-state index contributed by atoms with van der Waals surface area (Å²) in [4.78, 5) is 0. The number of hydrogen-bond donors (Lipinski definition) is 1. The summed E-state index contributed by atoms with van der Waals surface area (Å²) in [5, 5.41) is 0. The van der Waals surface area contributed by atoms with E-state index in [0.717, 1.165) is 0 Å². The van der Waals surface area contributed by atoms with Crippen LogP contribution in [0.3, 0.4) is 0 Å². The minimum Gasteiger partial charge on any atom is -0.320 e. The minimum absolute atomic E-state index is 0.0424. The van der Waals surface area contributed by atoms with Gasteiger partial charge in [0.25, 0.3) is 0 Å². The van der Waals surface area contributed by atoms with E-state index in [0.29, 0.717) is 0 Å². The first-order chi connectivity index (χ1) is 8.95. The van der Waals surface area contributed by atoms with Crippen molar-refractivity contribution in [3.63, 3.8) is 0 Å². The van der Waals surface area contributed by atoms with E-state index in [1.54, 1.807) is 0 Å². The Kier molecular flexibility index (Phi) is 3.77. The number of rotatable bonds is 2. The molecular weight excluding hydrogens is 230 g/mol. The normalized spacial score (nSPS) is 12.5. The van der Waals surface area contributed by atoms with Gasteiger partial charge in [-0.05, 0) is 73.6 Å². The summed E-state index contributed by atoms with van der Waals surface area (Å²) < 4.78 is 0. The summed E-state index contributed by atoms with van der Waals surface area (Å²) >= 11 is 0. The van der Waals surface area contributed by atoms with Crippen LogP contribution in [0.2, 0.25) is 0 Å². The molecule has 1 heteroatoms. The van der Waals surface area contributed by atoms with Crippen LogP contribution in [0.4, 0.5) is 0 Å². The molecule has 19 heavy (non-hydrogen) atoms. The van der Waals surface area contributed by atoms with E-state index < -0.39 is 0 Å². The predicted octanol–water partition coefficient (Wildman–Crippen LogP) is 4.28. The van der Waals surface area contributed by atoms with Crippen molar-refractivity contribution < 1.29 is 0 Å². The van der Waals surface area contributed by atoms with Gasteiger partial charge in [0, 0.05) is 0 Å². The summed E-state index contributed by atoms with van der Waals surface area (Å²) in [5.41, 5.74) is 15.7. The summed E-state index contributed by atoms with van der Waals surface area (Å²) in [5.74, 6) is 0. The molecule has 2 rings (SSSR count). The monoisotopic (exact) mass is 253 g/mol. The van der Waals surface area contributed by atoms with Crippen LogP contribution in [-0.4, -0.2) is 0 Å². The summed E-state index contributed by atoms with van der Waals surface area (Å²) in [6.45, 7) is 11.0. The highest BCUT2D eigenvalue weighted by Gasteiger charge is 2.18. The molecule has 2 N–H and O–H groups in total. The average molecular weight is 253 g/mol. The van der Waals surface area contributed by atoms with Gasteiger partial charge in [0.2, 0.25) is 0 Å². The van der Waals surface area contributed by atoms with Crippen LogP contribution >= 0.6 is 0 Å². The lowest BCUT2D eigenvalue weighted by molar-refractivity contribution is 0.843. The van der Waals surface area contributed by atoms with Gasteiger partial charge in [-0.2, -0.15) is 0 Å². The smallest absolute Gasteiger partial charge is 0.0557 e. The van der Waals surface area contributed by atoms with E-state index >= 15 is 0 Å². The van der Waals surface area contributed by atoms with E-state index in [9.17, 15) is 0 Å². The van der Waals surface area contributed by atoms with E-state index in [4.69, 9.17) is 5.73 Å². The molecule has 1 nitrogen and oxygen atoms in total. The number of benzene rings is 2. The zero-order chi connectivity index (χ0) is 14.2. The molecule has 0 saturated heterocycles. The van der Waals surface area contributed by atoms with Crippen molar-refractivity contribution in [3.8, 4) is 0 Å². The van der Waals surface area contributed by atoms with Gasteiger partial charge in [0.05, 0.1) is 6.04 Å². The summed E-state index contributed by atoms with van der Waals surface area (Å²) in [6.07, 6.45) is 0. The van der Waals surface area contributed by atoms with Gasteiger partial charge in [-0.1, -0.05) is 30.3 Å². The van der Waals surface area contributed by atoms with Gasteiger partial charge >= 0.3 is 0 Å². The van der Waals surface area contributed by atoms with Gasteiger partial charge in [-0.3, -0.25) is 0 Å². The lowest BCUT2D eigenvalue weighted by Crippen LogP contribution is -2.17. The quantitative estimate of drug-likeness (QED) is 0.849. The fourth-order valence-corrected chi connectivity index (χ4v) is 2.82. The van der Waals surface area contributed by atoms with Crippen LogP contribution in [-0.2, 0) is 0 Å². The first-order valence-corrected chi connectivity index (χ1v) is 6.82. The first kappa shape index (κ1) is 13.8. The van der Waals surface area contributed by atoms with Crippen molar-refractivity contribution in [3.05, 3.63) is 69.3 Å². The van der Waals surface area contributed by atoms with Crippen LogP contribution < -0.4 is 5.73 Å². The second kappa shape index (κ2) is 5.18. The first-order valence-electron chi connectivity index (χ1n) is 6.82. The van der Waals surface area contributed by atoms with Crippen molar-refractivity contribution in [1.82, 2.24) is 0 Å². The maximum Gasteiger partial charge on any atom is 0.0557 e. The van der Waals surface area contributed by atoms with Crippen LogP contribution in [0.5, 0.6) is 0 Å². The maximum absolute atomic E-state index is 6.51. The molecule has 100 valence electrons. The Balaban J connectivity index is 2.64. The van der Waals surface area contributed by atoms with Crippen LogP contribution in [0.1, 0.15) is 45.0 Å². The summed E-state index contributed by atoms with van der Waals surface area (Å²) in [6, 6.07) is 10.3. The molecule has 0 aliphatic carbocycles. The third-order valence-corrected chi connectivity index (χ3v) is 4.53. The zero-order valence-electron chi connectivity index (χ0n) is 12.5. The Labute approximate surface area is 116 Å². The molecule has 0 heterocycles. The van der Waals surface area contributed by atoms with Crippen molar-refractivity contribution in [2.24, 2.45) is 5.73 Å². The van der Waals surface area contributed by atoms with Gasteiger partial charge in [-0.15, -0.1) is 0 Å². The van der Waals surface area contributed by atoms with Gasteiger partial charge < -0.3 is 5.73 Å². The lowest BCUT2D eigenvalue weighted by atomic mass is 9.84. The largest absolute Gasteiger partial charge is 0.320 e.